The van der Waals surface area contributed by atoms with Crippen molar-refractivity contribution in [2.45, 2.75) is 37.8 Å². The highest BCUT2D eigenvalue weighted by atomic mass is 35.5. The van der Waals surface area contributed by atoms with Crippen LogP contribution in [0.5, 0.6) is 0 Å². The van der Waals surface area contributed by atoms with E-state index in [4.69, 9.17) is 11.6 Å². The summed E-state index contributed by atoms with van der Waals surface area (Å²) in [5.74, 6) is -0.788. The van der Waals surface area contributed by atoms with Gasteiger partial charge in [-0.25, -0.2) is 0 Å². The van der Waals surface area contributed by atoms with E-state index in [2.05, 4.69) is 4.90 Å². The average Bonchev–Trinajstić information content (AvgIpc) is 2.92. The molecule has 0 aromatic heterocycles. The molecule has 2 heterocycles. The van der Waals surface area contributed by atoms with E-state index in [1.165, 1.54) is 19.4 Å². The number of carboxylic acid groups (broad SMARTS) is 1. The second-order valence-corrected chi connectivity index (χ2v) is 6.45. The van der Waals surface area contributed by atoms with Crippen LogP contribution < -0.4 is 4.90 Å². The zero-order valence-corrected chi connectivity index (χ0v) is 12.8. The Kier molecular flexibility index (Phi) is 4.36. The Morgan fingerprint density at radius 3 is 3.00 bits per heavy atom. The largest absolute Gasteiger partial charge is 0.480 e. The van der Waals surface area contributed by atoms with Gasteiger partial charge in [-0.05, 0) is 50.4 Å². The molecular formula is C16H21ClN2O2. The minimum Gasteiger partial charge on any atom is -0.480 e. The maximum Gasteiger partial charge on any atom is 0.323 e. The molecule has 0 radical (unpaired) electrons. The quantitative estimate of drug-likeness (QED) is 0.929. The number of piperidine rings is 1. The molecule has 2 aliphatic rings. The lowest BCUT2D eigenvalue weighted by molar-refractivity contribution is -0.135. The molecule has 4 nitrogen and oxygen atoms in total. The molecule has 1 aromatic rings. The van der Waals surface area contributed by atoms with Gasteiger partial charge in [0.25, 0.3) is 0 Å². The molecular weight excluding hydrogens is 288 g/mol. The first-order valence-corrected chi connectivity index (χ1v) is 7.99. The van der Waals surface area contributed by atoms with E-state index < -0.39 is 5.97 Å². The van der Waals surface area contributed by atoms with Gasteiger partial charge in [-0.2, -0.15) is 0 Å². The Labute approximate surface area is 130 Å². The van der Waals surface area contributed by atoms with Crippen molar-refractivity contribution in [2.24, 2.45) is 0 Å². The third kappa shape index (κ3) is 3.33. The zero-order valence-electron chi connectivity index (χ0n) is 12.0. The summed E-state index contributed by atoms with van der Waals surface area (Å²) in [7, 11) is 0. The predicted molar refractivity (Wildman–Crippen MR) is 84.1 cm³/mol. The maximum absolute atomic E-state index is 11.3. The lowest BCUT2D eigenvalue weighted by Gasteiger charge is -2.41. The van der Waals surface area contributed by atoms with Gasteiger partial charge in [0.2, 0.25) is 0 Å². The van der Waals surface area contributed by atoms with E-state index in [-0.39, 0.29) is 6.54 Å². The van der Waals surface area contributed by atoms with Crippen LogP contribution in [0.3, 0.4) is 0 Å². The molecule has 0 bridgehead atoms. The summed E-state index contributed by atoms with van der Waals surface area (Å²) in [6.07, 6.45) is 4.59. The van der Waals surface area contributed by atoms with Crippen molar-refractivity contribution in [3.8, 4) is 0 Å². The molecule has 1 aromatic carbocycles. The smallest absolute Gasteiger partial charge is 0.323 e. The van der Waals surface area contributed by atoms with Crippen LogP contribution in [0.25, 0.3) is 0 Å². The van der Waals surface area contributed by atoms with E-state index >= 15 is 0 Å². The number of nitrogens with zero attached hydrogens (tertiary/aromatic N) is 2. The summed E-state index contributed by atoms with van der Waals surface area (Å²) >= 11 is 6.07. The van der Waals surface area contributed by atoms with Crippen LogP contribution in [0.15, 0.2) is 24.3 Å². The molecule has 2 saturated heterocycles. The lowest BCUT2D eigenvalue weighted by atomic mass is 9.95. The standard InChI is InChI=1S/C16H21ClN2O2/c17-12-3-1-4-14(9-12)19(11-16(20)21)15-6-8-18-7-2-5-13(18)10-15/h1,3-4,9,13,15H,2,5-8,10-11H2,(H,20,21). The fraction of sp³-hybridized carbons (Fsp3) is 0.562. The first-order valence-electron chi connectivity index (χ1n) is 7.61. The predicted octanol–water partition coefficient (Wildman–Crippen LogP) is 2.86. The number of aliphatic carboxylic acids is 1. The molecule has 2 atom stereocenters. The topological polar surface area (TPSA) is 43.8 Å². The molecule has 0 amide bonds. The van der Waals surface area contributed by atoms with E-state index in [1.807, 2.05) is 29.2 Å². The maximum atomic E-state index is 11.3. The van der Waals surface area contributed by atoms with Gasteiger partial charge in [0.1, 0.15) is 6.54 Å². The third-order valence-corrected chi connectivity index (χ3v) is 4.91. The molecule has 5 heteroatoms. The molecule has 2 fully saturated rings. The molecule has 21 heavy (non-hydrogen) atoms. The van der Waals surface area contributed by atoms with Crippen molar-refractivity contribution in [2.75, 3.05) is 24.5 Å². The molecule has 2 aliphatic heterocycles. The summed E-state index contributed by atoms with van der Waals surface area (Å²) < 4.78 is 0. The number of fused-ring (bicyclic) bond motifs is 1. The highest BCUT2D eigenvalue weighted by Gasteiger charge is 2.34. The highest BCUT2D eigenvalue weighted by molar-refractivity contribution is 6.30. The molecule has 3 rings (SSSR count). The average molecular weight is 309 g/mol. The lowest BCUT2D eigenvalue weighted by Crippen LogP contribution is -2.49. The van der Waals surface area contributed by atoms with Crippen molar-refractivity contribution < 1.29 is 9.90 Å². The Hall–Kier alpha value is -1.26. The Morgan fingerprint density at radius 1 is 1.38 bits per heavy atom. The molecule has 114 valence electrons. The summed E-state index contributed by atoms with van der Waals surface area (Å²) in [6, 6.07) is 8.44. The van der Waals surface area contributed by atoms with Crippen LogP contribution in [-0.2, 0) is 4.79 Å². The van der Waals surface area contributed by atoms with Gasteiger partial charge in [-0.1, -0.05) is 17.7 Å². The van der Waals surface area contributed by atoms with Crippen molar-refractivity contribution in [1.82, 2.24) is 4.90 Å². The number of hydrogen-bond donors (Lipinski definition) is 1. The van der Waals surface area contributed by atoms with Crippen molar-refractivity contribution in [3.63, 3.8) is 0 Å². The SMILES string of the molecule is O=C(O)CN(c1cccc(Cl)c1)C1CCN2CCCC2C1. The van der Waals surface area contributed by atoms with Crippen molar-refractivity contribution in [3.05, 3.63) is 29.3 Å². The fourth-order valence-corrected chi connectivity index (χ4v) is 3.90. The molecule has 0 spiro atoms. The Balaban J connectivity index is 1.80. The molecule has 0 aliphatic carbocycles. The van der Waals surface area contributed by atoms with Gasteiger partial charge in [0, 0.05) is 29.3 Å². The normalized spacial score (nSPS) is 25.6. The van der Waals surface area contributed by atoms with Crippen LogP contribution in [0.1, 0.15) is 25.7 Å². The monoisotopic (exact) mass is 308 g/mol. The summed E-state index contributed by atoms with van der Waals surface area (Å²) in [6.45, 7) is 2.32. The molecule has 1 N–H and O–H groups in total. The first kappa shape index (κ1) is 14.7. The summed E-state index contributed by atoms with van der Waals surface area (Å²) in [5, 5.41) is 9.90. The zero-order chi connectivity index (χ0) is 14.8. The van der Waals surface area contributed by atoms with E-state index in [1.54, 1.807) is 0 Å². The number of benzene rings is 1. The summed E-state index contributed by atoms with van der Waals surface area (Å²) in [4.78, 5) is 15.8. The molecule has 0 saturated carbocycles. The van der Waals surface area contributed by atoms with Gasteiger partial charge >= 0.3 is 5.97 Å². The van der Waals surface area contributed by atoms with E-state index in [0.29, 0.717) is 17.1 Å². The van der Waals surface area contributed by atoms with Gasteiger partial charge in [0.15, 0.2) is 0 Å². The highest BCUT2D eigenvalue weighted by Crippen LogP contribution is 2.32. The number of hydrogen-bond acceptors (Lipinski definition) is 3. The molecule has 2 unspecified atom stereocenters. The van der Waals surface area contributed by atoms with E-state index in [9.17, 15) is 9.90 Å². The fourth-order valence-electron chi connectivity index (χ4n) is 3.72. The number of rotatable bonds is 4. The van der Waals surface area contributed by atoms with Crippen LogP contribution >= 0.6 is 11.6 Å². The van der Waals surface area contributed by atoms with Gasteiger partial charge in [-0.15, -0.1) is 0 Å². The number of carboxylic acids is 1. The van der Waals surface area contributed by atoms with Gasteiger partial charge in [0.05, 0.1) is 0 Å². The Morgan fingerprint density at radius 2 is 2.24 bits per heavy atom. The van der Waals surface area contributed by atoms with E-state index in [0.717, 1.165) is 25.1 Å². The van der Waals surface area contributed by atoms with Crippen LogP contribution in [0, 0.1) is 0 Å². The van der Waals surface area contributed by atoms with Crippen LogP contribution in [0.2, 0.25) is 5.02 Å². The summed E-state index contributed by atoms with van der Waals surface area (Å²) in [5.41, 5.74) is 0.918. The first-order chi connectivity index (χ1) is 10.1. The second kappa shape index (κ2) is 6.24. The second-order valence-electron chi connectivity index (χ2n) is 6.01. The van der Waals surface area contributed by atoms with Crippen LogP contribution in [-0.4, -0.2) is 47.7 Å². The minimum absolute atomic E-state index is 0.0394. The van der Waals surface area contributed by atoms with Crippen LogP contribution in [0.4, 0.5) is 5.69 Å². The van der Waals surface area contributed by atoms with Crippen molar-refractivity contribution >= 4 is 23.3 Å². The van der Waals surface area contributed by atoms with Gasteiger partial charge < -0.3 is 14.9 Å². The van der Waals surface area contributed by atoms with Gasteiger partial charge in [-0.3, -0.25) is 4.79 Å². The number of carbonyl (C=O) groups is 1. The van der Waals surface area contributed by atoms with Crippen molar-refractivity contribution in [1.29, 1.82) is 0 Å². The number of anilines is 1. The minimum atomic E-state index is -0.788. The number of halogens is 1. The third-order valence-electron chi connectivity index (χ3n) is 4.68. The Bertz CT molecular complexity index is 523.